The first-order chi connectivity index (χ1) is 7.79. The lowest BCUT2D eigenvalue weighted by Crippen LogP contribution is -2.45. The largest absolute Gasteiger partial charge is 0.325 e. The lowest BCUT2D eigenvalue weighted by Gasteiger charge is -2.18. The number of hydrogen-bond acceptors (Lipinski definition) is 3. The van der Waals surface area contributed by atoms with Crippen LogP contribution in [0.4, 0.5) is 5.69 Å². The molecular formula is C13H23Cl2N3O. The van der Waals surface area contributed by atoms with Gasteiger partial charge in [0.05, 0.1) is 5.54 Å². The van der Waals surface area contributed by atoms with Gasteiger partial charge >= 0.3 is 0 Å². The Morgan fingerprint density at radius 1 is 1.32 bits per heavy atom. The number of nitrogens with zero attached hydrogens (tertiary/aromatic N) is 1. The molecule has 6 heteroatoms. The fraction of sp³-hybridized carbons (Fsp3) is 0.462. The monoisotopic (exact) mass is 307 g/mol. The summed E-state index contributed by atoms with van der Waals surface area (Å²) in [4.78, 5) is 13.8. The minimum Gasteiger partial charge on any atom is -0.325 e. The molecule has 0 aliphatic carbocycles. The lowest BCUT2D eigenvalue weighted by molar-refractivity contribution is -0.120. The van der Waals surface area contributed by atoms with E-state index in [0.29, 0.717) is 0 Å². The number of hydrogen-bond donors (Lipinski definition) is 2. The standard InChI is InChI=1S/C13H21N3O.2ClH/c1-13(2,14)12(17)15-11-7-5-6-10(8-11)9-16(3)4;;/h5-8H,9,14H2,1-4H3,(H,15,17);2*1H. The zero-order valence-electron chi connectivity index (χ0n) is 11.8. The molecule has 0 spiro atoms. The number of benzene rings is 1. The van der Waals surface area contributed by atoms with Crippen LogP contribution in [0.25, 0.3) is 0 Å². The van der Waals surface area contributed by atoms with Crippen LogP contribution < -0.4 is 11.1 Å². The van der Waals surface area contributed by atoms with Gasteiger partial charge in [0.2, 0.25) is 5.91 Å². The van der Waals surface area contributed by atoms with Crippen LogP contribution in [0.15, 0.2) is 24.3 Å². The van der Waals surface area contributed by atoms with Gasteiger partial charge in [-0.15, -0.1) is 24.8 Å². The third-order valence-electron chi connectivity index (χ3n) is 2.27. The van der Waals surface area contributed by atoms with Crippen molar-refractivity contribution in [1.82, 2.24) is 4.90 Å². The molecule has 0 radical (unpaired) electrons. The Kier molecular flexibility index (Phi) is 9.04. The maximum Gasteiger partial charge on any atom is 0.243 e. The number of carbonyl (C=O) groups is 1. The molecule has 19 heavy (non-hydrogen) atoms. The number of halogens is 2. The average molecular weight is 308 g/mol. The zero-order valence-corrected chi connectivity index (χ0v) is 13.4. The maximum atomic E-state index is 11.7. The van der Waals surface area contributed by atoms with Crippen molar-refractivity contribution in [2.24, 2.45) is 5.73 Å². The summed E-state index contributed by atoms with van der Waals surface area (Å²) < 4.78 is 0. The summed E-state index contributed by atoms with van der Waals surface area (Å²) in [5, 5.41) is 2.81. The third kappa shape index (κ3) is 7.38. The van der Waals surface area contributed by atoms with Gasteiger partial charge in [-0.3, -0.25) is 4.79 Å². The van der Waals surface area contributed by atoms with Gasteiger partial charge in [-0.1, -0.05) is 12.1 Å². The minimum atomic E-state index is -0.864. The topological polar surface area (TPSA) is 58.4 Å². The van der Waals surface area contributed by atoms with Crippen molar-refractivity contribution in [1.29, 1.82) is 0 Å². The van der Waals surface area contributed by atoms with Gasteiger partial charge in [-0.2, -0.15) is 0 Å². The molecule has 4 nitrogen and oxygen atoms in total. The molecule has 0 bridgehead atoms. The van der Waals surface area contributed by atoms with Crippen LogP contribution in [-0.2, 0) is 11.3 Å². The maximum absolute atomic E-state index is 11.7. The van der Waals surface area contributed by atoms with Gasteiger partial charge in [0.15, 0.2) is 0 Å². The van der Waals surface area contributed by atoms with Gasteiger partial charge in [-0.05, 0) is 45.6 Å². The predicted octanol–water partition coefficient (Wildman–Crippen LogP) is 2.27. The molecule has 0 heterocycles. The Hall–Kier alpha value is -0.810. The second kappa shape index (κ2) is 8.38. The molecule has 1 aromatic rings. The molecule has 0 unspecified atom stereocenters. The second-order valence-electron chi connectivity index (χ2n) is 5.11. The van der Waals surface area contributed by atoms with Crippen LogP contribution in [0.2, 0.25) is 0 Å². The van der Waals surface area contributed by atoms with Crippen molar-refractivity contribution < 1.29 is 4.79 Å². The molecule has 1 rings (SSSR count). The van der Waals surface area contributed by atoms with E-state index in [-0.39, 0.29) is 30.7 Å². The van der Waals surface area contributed by atoms with Crippen molar-refractivity contribution in [3.05, 3.63) is 29.8 Å². The van der Waals surface area contributed by atoms with Gasteiger partial charge in [0.25, 0.3) is 0 Å². The SMILES string of the molecule is CN(C)Cc1cccc(NC(=O)C(C)(C)N)c1.Cl.Cl. The second-order valence-corrected chi connectivity index (χ2v) is 5.11. The first kappa shape index (κ1) is 20.5. The summed E-state index contributed by atoms with van der Waals surface area (Å²) in [6.07, 6.45) is 0. The summed E-state index contributed by atoms with van der Waals surface area (Å²) >= 11 is 0. The van der Waals surface area contributed by atoms with Gasteiger partial charge in [0.1, 0.15) is 0 Å². The number of nitrogens with two attached hydrogens (primary N) is 1. The first-order valence-corrected chi connectivity index (χ1v) is 5.63. The molecule has 0 atom stereocenters. The summed E-state index contributed by atoms with van der Waals surface area (Å²) in [6.45, 7) is 4.22. The van der Waals surface area contributed by atoms with Gasteiger partial charge in [0, 0.05) is 12.2 Å². The Labute approximate surface area is 127 Å². The lowest BCUT2D eigenvalue weighted by atomic mass is 10.1. The average Bonchev–Trinajstić information content (AvgIpc) is 2.15. The van der Waals surface area contributed by atoms with E-state index in [0.717, 1.165) is 17.8 Å². The molecule has 0 aliphatic heterocycles. The smallest absolute Gasteiger partial charge is 0.243 e. The Morgan fingerprint density at radius 3 is 2.37 bits per heavy atom. The molecule has 0 fully saturated rings. The predicted molar refractivity (Wildman–Crippen MR) is 85.2 cm³/mol. The van der Waals surface area contributed by atoms with Crippen molar-refractivity contribution in [2.45, 2.75) is 25.9 Å². The van der Waals surface area contributed by atoms with Crippen molar-refractivity contribution in [3.63, 3.8) is 0 Å². The van der Waals surface area contributed by atoms with E-state index < -0.39 is 5.54 Å². The molecule has 110 valence electrons. The number of carbonyl (C=O) groups excluding carboxylic acids is 1. The highest BCUT2D eigenvalue weighted by atomic mass is 35.5. The molecule has 3 N–H and O–H groups in total. The van der Waals surface area contributed by atoms with Gasteiger partial charge < -0.3 is 16.0 Å². The number of amides is 1. The van der Waals surface area contributed by atoms with E-state index in [4.69, 9.17) is 5.73 Å². The van der Waals surface area contributed by atoms with Crippen molar-refractivity contribution in [2.75, 3.05) is 19.4 Å². The van der Waals surface area contributed by atoms with E-state index in [9.17, 15) is 4.79 Å². The zero-order chi connectivity index (χ0) is 13.1. The fourth-order valence-corrected chi connectivity index (χ4v) is 1.40. The highest BCUT2D eigenvalue weighted by Crippen LogP contribution is 2.13. The fourth-order valence-electron chi connectivity index (χ4n) is 1.40. The molecule has 0 aromatic heterocycles. The van der Waals surface area contributed by atoms with E-state index >= 15 is 0 Å². The molecule has 0 saturated carbocycles. The molecule has 0 saturated heterocycles. The normalized spacial score (nSPS) is 10.4. The number of rotatable bonds is 4. The van der Waals surface area contributed by atoms with Crippen LogP contribution >= 0.6 is 24.8 Å². The minimum absolute atomic E-state index is 0. The number of nitrogens with one attached hydrogen (secondary N) is 1. The van der Waals surface area contributed by atoms with Crippen LogP contribution in [0.3, 0.4) is 0 Å². The van der Waals surface area contributed by atoms with Crippen molar-refractivity contribution >= 4 is 36.4 Å². The van der Waals surface area contributed by atoms with Crippen LogP contribution in [0.5, 0.6) is 0 Å². The van der Waals surface area contributed by atoms with E-state index in [2.05, 4.69) is 10.2 Å². The summed E-state index contributed by atoms with van der Waals surface area (Å²) in [5.74, 6) is -0.181. The highest BCUT2D eigenvalue weighted by molar-refractivity contribution is 5.97. The number of anilines is 1. The van der Waals surface area contributed by atoms with E-state index in [1.54, 1.807) is 13.8 Å². The van der Waals surface area contributed by atoms with Crippen LogP contribution in [0, 0.1) is 0 Å². The molecule has 1 aromatic carbocycles. The molecular weight excluding hydrogens is 285 g/mol. The molecule has 1 amide bonds. The van der Waals surface area contributed by atoms with Gasteiger partial charge in [-0.25, -0.2) is 0 Å². The van der Waals surface area contributed by atoms with E-state index in [1.165, 1.54) is 0 Å². The highest BCUT2D eigenvalue weighted by Gasteiger charge is 2.21. The molecule has 0 aliphatic rings. The summed E-state index contributed by atoms with van der Waals surface area (Å²) in [5.41, 5.74) is 6.80. The van der Waals surface area contributed by atoms with Crippen LogP contribution in [0.1, 0.15) is 19.4 Å². The Balaban J connectivity index is 0. The van der Waals surface area contributed by atoms with Crippen molar-refractivity contribution in [3.8, 4) is 0 Å². The summed E-state index contributed by atoms with van der Waals surface area (Å²) in [7, 11) is 4.02. The summed E-state index contributed by atoms with van der Waals surface area (Å²) in [6, 6.07) is 7.79. The first-order valence-electron chi connectivity index (χ1n) is 5.63. The van der Waals surface area contributed by atoms with E-state index in [1.807, 2.05) is 38.4 Å². The quantitative estimate of drug-likeness (QED) is 0.897. The third-order valence-corrected chi connectivity index (χ3v) is 2.27. The van der Waals surface area contributed by atoms with Crippen LogP contribution in [-0.4, -0.2) is 30.4 Å². The Bertz CT molecular complexity index is 403. The Morgan fingerprint density at radius 2 is 1.89 bits per heavy atom.